The Morgan fingerprint density at radius 2 is 2.05 bits per heavy atom. The third-order valence-corrected chi connectivity index (χ3v) is 4.31. The largest absolute Gasteiger partial charge is 0.338 e. The highest BCUT2D eigenvalue weighted by molar-refractivity contribution is 6.31. The van der Waals surface area contributed by atoms with Crippen molar-refractivity contribution in [2.75, 3.05) is 13.6 Å². The summed E-state index contributed by atoms with van der Waals surface area (Å²) in [5.41, 5.74) is 1.18. The number of carbonyl (C=O) groups is 1. The van der Waals surface area contributed by atoms with E-state index in [4.69, 9.17) is 11.6 Å². The lowest BCUT2D eigenvalue weighted by Crippen LogP contribution is -2.40. The van der Waals surface area contributed by atoms with Gasteiger partial charge in [-0.3, -0.25) is 4.79 Å². The molecule has 3 rings (SSSR count). The van der Waals surface area contributed by atoms with Gasteiger partial charge in [-0.15, -0.1) is 0 Å². The lowest BCUT2D eigenvalue weighted by Gasteiger charge is -2.34. The molecule has 1 aliphatic heterocycles. The summed E-state index contributed by atoms with van der Waals surface area (Å²) >= 11 is 6.17. The number of amides is 1. The van der Waals surface area contributed by atoms with Gasteiger partial charge in [0.2, 0.25) is 5.91 Å². The van der Waals surface area contributed by atoms with Crippen LogP contribution >= 0.6 is 11.6 Å². The van der Waals surface area contributed by atoms with E-state index in [0.717, 1.165) is 5.03 Å². The minimum Gasteiger partial charge on any atom is -0.338 e. The number of nitrogens with one attached hydrogen (secondary N) is 1. The van der Waals surface area contributed by atoms with E-state index >= 15 is 0 Å². The zero-order valence-corrected chi connectivity index (χ0v) is 12.0. The molecule has 3 nitrogen and oxygen atoms in total. The quantitative estimate of drug-likeness (QED) is 0.861. The van der Waals surface area contributed by atoms with E-state index in [-0.39, 0.29) is 23.9 Å². The molecule has 2 aliphatic rings. The molecule has 3 atom stereocenters. The van der Waals surface area contributed by atoms with E-state index in [1.54, 1.807) is 4.90 Å². The molecular formula is C16H17ClN2O. The second-order valence-electron chi connectivity index (χ2n) is 5.25. The van der Waals surface area contributed by atoms with Crippen LogP contribution < -0.4 is 5.32 Å². The van der Waals surface area contributed by atoms with Crippen molar-refractivity contribution >= 4 is 17.5 Å². The molecule has 0 bridgehead atoms. The number of hydrogen-bond donors (Lipinski definition) is 1. The highest BCUT2D eigenvalue weighted by Crippen LogP contribution is 2.35. The number of hydrogen-bond acceptors (Lipinski definition) is 2. The molecule has 1 amide bonds. The molecule has 1 fully saturated rings. The Balaban J connectivity index is 2.01. The zero-order valence-electron chi connectivity index (χ0n) is 11.3. The first-order chi connectivity index (χ1) is 9.66. The third kappa shape index (κ3) is 2.39. The lowest BCUT2D eigenvalue weighted by atomic mass is 9.84. The van der Waals surface area contributed by atoms with Crippen LogP contribution in [0, 0.1) is 5.92 Å². The number of carbonyl (C=O) groups excluding carboxylic acids is 1. The molecule has 1 saturated heterocycles. The van der Waals surface area contributed by atoms with Crippen LogP contribution in [-0.2, 0) is 4.79 Å². The molecule has 104 valence electrons. The summed E-state index contributed by atoms with van der Waals surface area (Å²) < 4.78 is 0. The Morgan fingerprint density at radius 1 is 1.30 bits per heavy atom. The van der Waals surface area contributed by atoms with Crippen LogP contribution in [0.25, 0.3) is 0 Å². The van der Waals surface area contributed by atoms with Crippen molar-refractivity contribution in [3.05, 3.63) is 59.2 Å². The second-order valence-corrected chi connectivity index (χ2v) is 5.69. The Bertz CT molecular complexity index is 567. The van der Waals surface area contributed by atoms with Crippen LogP contribution in [0.2, 0.25) is 0 Å². The van der Waals surface area contributed by atoms with Crippen LogP contribution in [0.4, 0.5) is 0 Å². The van der Waals surface area contributed by atoms with E-state index in [2.05, 4.69) is 17.4 Å². The van der Waals surface area contributed by atoms with E-state index in [0.29, 0.717) is 6.54 Å². The number of benzene rings is 1. The summed E-state index contributed by atoms with van der Waals surface area (Å²) in [5.74, 6) is 0.251. The van der Waals surface area contributed by atoms with E-state index < -0.39 is 0 Å². The van der Waals surface area contributed by atoms with Gasteiger partial charge in [-0.25, -0.2) is 0 Å². The van der Waals surface area contributed by atoms with Crippen LogP contribution in [0.1, 0.15) is 11.6 Å². The van der Waals surface area contributed by atoms with Crippen molar-refractivity contribution in [1.82, 2.24) is 10.2 Å². The van der Waals surface area contributed by atoms with Gasteiger partial charge in [0.1, 0.15) is 0 Å². The number of halogens is 1. The van der Waals surface area contributed by atoms with Crippen molar-refractivity contribution in [2.45, 2.75) is 12.1 Å². The smallest absolute Gasteiger partial charge is 0.236 e. The van der Waals surface area contributed by atoms with Gasteiger partial charge in [-0.1, -0.05) is 54.1 Å². The van der Waals surface area contributed by atoms with E-state index in [1.807, 2.05) is 43.5 Å². The molecule has 4 heteroatoms. The highest BCUT2D eigenvalue weighted by atomic mass is 35.5. The maximum absolute atomic E-state index is 12.1. The van der Waals surface area contributed by atoms with Crippen LogP contribution in [0.5, 0.6) is 0 Å². The average molecular weight is 289 g/mol. The van der Waals surface area contributed by atoms with Crippen molar-refractivity contribution in [3.8, 4) is 0 Å². The molecule has 1 aromatic rings. The molecule has 20 heavy (non-hydrogen) atoms. The molecule has 1 heterocycles. The normalized spacial score (nSPS) is 29.7. The predicted octanol–water partition coefficient (Wildman–Crippen LogP) is 2.47. The fourth-order valence-corrected chi connectivity index (χ4v) is 3.18. The summed E-state index contributed by atoms with van der Waals surface area (Å²) in [6, 6.07) is 10.4. The Kier molecular flexibility index (Phi) is 3.64. The maximum atomic E-state index is 12.1. The molecule has 0 saturated carbocycles. The summed E-state index contributed by atoms with van der Waals surface area (Å²) in [4.78, 5) is 13.9. The molecule has 0 spiro atoms. The van der Waals surface area contributed by atoms with Gasteiger partial charge < -0.3 is 10.2 Å². The Morgan fingerprint density at radius 3 is 2.80 bits per heavy atom. The Labute approximate surface area is 123 Å². The average Bonchev–Trinajstić information content (AvgIpc) is 2.58. The molecule has 0 radical (unpaired) electrons. The molecule has 1 aliphatic carbocycles. The van der Waals surface area contributed by atoms with Gasteiger partial charge in [0.15, 0.2) is 0 Å². The lowest BCUT2D eigenvalue weighted by molar-refractivity contribution is -0.129. The number of fused-ring (bicyclic) bond motifs is 1. The maximum Gasteiger partial charge on any atom is 0.236 e. The van der Waals surface area contributed by atoms with Gasteiger partial charge in [-0.05, 0) is 11.6 Å². The summed E-state index contributed by atoms with van der Waals surface area (Å²) in [7, 11) is 1.85. The number of nitrogens with zero attached hydrogens (tertiary/aromatic N) is 1. The second kappa shape index (κ2) is 5.43. The summed E-state index contributed by atoms with van der Waals surface area (Å²) in [6.45, 7) is 0.350. The highest BCUT2D eigenvalue weighted by Gasteiger charge is 2.36. The van der Waals surface area contributed by atoms with Gasteiger partial charge >= 0.3 is 0 Å². The SMILES string of the molecule is CN1C(=O)CNC(c2ccccc2)C2C=C(Cl)C=CC21. The number of rotatable bonds is 1. The third-order valence-electron chi connectivity index (χ3n) is 4.06. The van der Waals surface area contributed by atoms with Gasteiger partial charge in [0, 0.05) is 24.0 Å². The van der Waals surface area contributed by atoms with Crippen molar-refractivity contribution in [1.29, 1.82) is 0 Å². The molecular weight excluding hydrogens is 272 g/mol. The Hall–Kier alpha value is -1.58. The standard InChI is InChI=1S/C16H17ClN2O/c1-19-14-8-7-12(17)9-13(14)16(18-10-15(19)20)11-5-3-2-4-6-11/h2-9,13-14,16,18H,10H2,1H3. The van der Waals surface area contributed by atoms with Crippen molar-refractivity contribution in [3.63, 3.8) is 0 Å². The fourth-order valence-electron chi connectivity index (χ4n) is 2.96. The topological polar surface area (TPSA) is 32.3 Å². The first-order valence-electron chi connectivity index (χ1n) is 6.76. The minimum atomic E-state index is 0.0465. The summed E-state index contributed by atoms with van der Waals surface area (Å²) in [5, 5.41) is 4.10. The first-order valence-corrected chi connectivity index (χ1v) is 7.14. The molecule has 3 unspecified atom stereocenters. The monoisotopic (exact) mass is 288 g/mol. The van der Waals surface area contributed by atoms with Crippen LogP contribution in [0.15, 0.2) is 53.6 Å². The van der Waals surface area contributed by atoms with Gasteiger partial charge in [0.05, 0.1) is 12.6 Å². The van der Waals surface area contributed by atoms with Crippen molar-refractivity contribution in [2.24, 2.45) is 5.92 Å². The predicted molar refractivity (Wildman–Crippen MR) is 80.3 cm³/mol. The van der Waals surface area contributed by atoms with E-state index in [9.17, 15) is 4.79 Å². The number of allylic oxidation sites excluding steroid dienone is 2. The van der Waals surface area contributed by atoms with Crippen LogP contribution in [-0.4, -0.2) is 30.4 Å². The van der Waals surface area contributed by atoms with Gasteiger partial charge in [0.25, 0.3) is 0 Å². The fraction of sp³-hybridized carbons (Fsp3) is 0.312. The summed E-state index contributed by atoms with van der Waals surface area (Å²) in [6.07, 6.45) is 5.94. The zero-order chi connectivity index (χ0) is 14.1. The molecule has 1 aromatic carbocycles. The first kappa shape index (κ1) is 13.4. The van der Waals surface area contributed by atoms with Crippen molar-refractivity contribution < 1.29 is 4.79 Å². The molecule has 0 aromatic heterocycles. The number of likely N-dealkylation sites (N-methyl/N-ethyl adjacent to an activating group) is 1. The van der Waals surface area contributed by atoms with E-state index in [1.165, 1.54) is 5.56 Å². The van der Waals surface area contributed by atoms with Gasteiger partial charge in [-0.2, -0.15) is 0 Å². The minimum absolute atomic E-state index is 0.0465. The molecule has 1 N–H and O–H groups in total. The van der Waals surface area contributed by atoms with Crippen LogP contribution in [0.3, 0.4) is 0 Å².